The van der Waals surface area contributed by atoms with Crippen LogP contribution in [0.1, 0.15) is 24.5 Å². The van der Waals surface area contributed by atoms with Crippen molar-refractivity contribution in [2.45, 2.75) is 18.8 Å². The Bertz CT molecular complexity index is 799. The maximum atomic E-state index is 12.4. The normalized spacial score (nSPS) is 15.6. The smallest absolute Gasteiger partial charge is 0.321 e. The van der Waals surface area contributed by atoms with Gasteiger partial charge < -0.3 is 15.2 Å². The lowest BCUT2D eigenvalue weighted by Crippen LogP contribution is -2.40. The average Bonchev–Trinajstić information content (AvgIpc) is 3.07. The maximum absolute atomic E-state index is 12.4. The third-order valence-electron chi connectivity index (χ3n) is 4.80. The molecular weight excluding hydrogens is 298 g/mol. The third kappa shape index (κ3) is 3.00. The number of aromatic amines is 1. The molecule has 3 aromatic rings. The molecular formula is C20H21N3O. The second-order valence-corrected chi connectivity index (χ2v) is 6.37. The van der Waals surface area contributed by atoms with Gasteiger partial charge in [-0.3, -0.25) is 0 Å². The van der Waals surface area contributed by atoms with E-state index in [0.29, 0.717) is 5.92 Å². The number of benzene rings is 2. The number of aromatic nitrogens is 1. The van der Waals surface area contributed by atoms with E-state index >= 15 is 0 Å². The molecule has 2 aromatic carbocycles. The number of hydrogen-bond acceptors (Lipinski definition) is 1. The van der Waals surface area contributed by atoms with E-state index in [1.807, 2.05) is 35.2 Å². The lowest BCUT2D eigenvalue weighted by molar-refractivity contribution is 0.194. The zero-order valence-corrected chi connectivity index (χ0v) is 13.5. The summed E-state index contributed by atoms with van der Waals surface area (Å²) >= 11 is 0. The summed E-state index contributed by atoms with van der Waals surface area (Å²) in [6.45, 7) is 1.58. The number of piperidine rings is 1. The lowest BCUT2D eigenvalue weighted by Gasteiger charge is -2.31. The van der Waals surface area contributed by atoms with Crippen LogP contribution in [0.15, 0.2) is 60.7 Å². The summed E-state index contributed by atoms with van der Waals surface area (Å²) in [7, 11) is 0. The van der Waals surface area contributed by atoms with Crippen LogP contribution in [0, 0.1) is 0 Å². The van der Waals surface area contributed by atoms with Crippen LogP contribution in [0.4, 0.5) is 10.5 Å². The van der Waals surface area contributed by atoms with Gasteiger partial charge in [0.15, 0.2) is 0 Å². The summed E-state index contributed by atoms with van der Waals surface area (Å²) in [5.41, 5.74) is 3.33. The number of amides is 2. The number of likely N-dealkylation sites (tertiary alicyclic amines) is 1. The molecule has 2 N–H and O–H groups in total. The van der Waals surface area contributed by atoms with Crippen molar-refractivity contribution in [3.05, 3.63) is 66.4 Å². The second kappa shape index (κ2) is 6.40. The zero-order valence-electron chi connectivity index (χ0n) is 13.5. The van der Waals surface area contributed by atoms with Gasteiger partial charge in [0.1, 0.15) is 0 Å². The van der Waals surface area contributed by atoms with E-state index < -0.39 is 0 Å². The summed E-state index contributed by atoms with van der Waals surface area (Å²) < 4.78 is 0. The fraction of sp³-hybridized carbons (Fsp3) is 0.250. The van der Waals surface area contributed by atoms with Gasteiger partial charge in [0.25, 0.3) is 0 Å². The van der Waals surface area contributed by atoms with Crippen LogP contribution in [0.5, 0.6) is 0 Å². The maximum Gasteiger partial charge on any atom is 0.321 e. The van der Waals surface area contributed by atoms with E-state index in [2.05, 4.69) is 40.6 Å². The third-order valence-corrected chi connectivity index (χ3v) is 4.80. The molecule has 4 nitrogen and oxygen atoms in total. The molecule has 0 unspecified atom stereocenters. The van der Waals surface area contributed by atoms with E-state index in [1.54, 1.807) is 0 Å². The molecule has 0 atom stereocenters. The van der Waals surface area contributed by atoms with Gasteiger partial charge in [-0.2, -0.15) is 0 Å². The number of carbonyl (C=O) groups excluding carboxylic acids is 1. The van der Waals surface area contributed by atoms with E-state index in [4.69, 9.17) is 0 Å². The van der Waals surface area contributed by atoms with Gasteiger partial charge in [0.05, 0.1) is 0 Å². The highest BCUT2D eigenvalue weighted by molar-refractivity contribution is 5.89. The van der Waals surface area contributed by atoms with Crippen LogP contribution in [0.3, 0.4) is 0 Å². The van der Waals surface area contributed by atoms with Gasteiger partial charge in [-0.15, -0.1) is 0 Å². The Morgan fingerprint density at radius 3 is 2.46 bits per heavy atom. The van der Waals surface area contributed by atoms with Crippen molar-refractivity contribution in [1.82, 2.24) is 9.88 Å². The second-order valence-electron chi connectivity index (χ2n) is 6.37. The minimum absolute atomic E-state index is 0.00343. The van der Waals surface area contributed by atoms with Crippen LogP contribution >= 0.6 is 0 Å². The van der Waals surface area contributed by atoms with Gasteiger partial charge in [-0.05, 0) is 42.5 Å². The molecule has 0 saturated carbocycles. The summed E-state index contributed by atoms with van der Waals surface area (Å²) in [4.78, 5) is 17.8. The van der Waals surface area contributed by atoms with Crippen molar-refractivity contribution in [1.29, 1.82) is 0 Å². The van der Waals surface area contributed by atoms with E-state index in [1.165, 1.54) is 16.6 Å². The van der Waals surface area contributed by atoms with Gasteiger partial charge in [0.2, 0.25) is 0 Å². The monoisotopic (exact) mass is 319 g/mol. The van der Waals surface area contributed by atoms with E-state index in [9.17, 15) is 4.79 Å². The Hall–Kier alpha value is -2.75. The standard InChI is InChI=1S/C20H21N3O/c24-20(21-17-7-2-1-3-8-17)23-12-10-15(11-13-23)19-14-16-6-4-5-9-18(16)22-19/h1-9,14-15,22H,10-13H2,(H,21,24). The number of carbonyl (C=O) groups is 1. The topological polar surface area (TPSA) is 48.1 Å². The Kier molecular flexibility index (Phi) is 3.95. The lowest BCUT2D eigenvalue weighted by atomic mass is 9.94. The summed E-state index contributed by atoms with van der Waals surface area (Å²) in [6.07, 6.45) is 1.99. The molecule has 4 heteroatoms. The van der Waals surface area contributed by atoms with Crippen molar-refractivity contribution in [2.75, 3.05) is 18.4 Å². The number of nitrogens with one attached hydrogen (secondary N) is 2. The molecule has 0 bridgehead atoms. The molecule has 1 saturated heterocycles. The largest absolute Gasteiger partial charge is 0.358 e. The van der Waals surface area contributed by atoms with E-state index in [-0.39, 0.29) is 6.03 Å². The van der Waals surface area contributed by atoms with Gasteiger partial charge in [0, 0.05) is 35.9 Å². The molecule has 1 fully saturated rings. The van der Waals surface area contributed by atoms with Crippen molar-refractivity contribution < 1.29 is 4.79 Å². The molecule has 4 rings (SSSR count). The first kappa shape index (κ1) is 14.8. The van der Waals surface area contributed by atoms with Gasteiger partial charge >= 0.3 is 6.03 Å². The highest BCUT2D eigenvalue weighted by Gasteiger charge is 2.24. The summed E-state index contributed by atoms with van der Waals surface area (Å²) in [6, 6.07) is 20.2. The Balaban J connectivity index is 1.38. The van der Waals surface area contributed by atoms with Gasteiger partial charge in [-0.25, -0.2) is 4.79 Å². The minimum Gasteiger partial charge on any atom is -0.358 e. The van der Waals surface area contributed by atoms with Crippen LogP contribution < -0.4 is 5.32 Å². The molecule has 1 aliphatic heterocycles. The van der Waals surface area contributed by atoms with Crippen molar-refractivity contribution in [3.8, 4) is 0 Å². The average molecular weight is 319 g/mol. The number of fused-ring (bicyclic) bond motifs is 1. The number of para-hydroxylation sites is 2. The molecule has 122 valence electrons. The van der Waals surface area contributed by atoms with Crippen molar-refractivity contribution in [3.63, 3.8) is 0 Å². The first-order chi connectivity index (χ1) is 11.8. The van der Waals surface area contributed by atoms with Crippen molar-refractivity contribution >= 4 is 22.6 Å². The molecule has 1 aromatic heterocycles. The molecule has 1 aliphatic rings. The molecule has 0 spiro atoms. The number of anilines is 1. The predicted molar refractivity (Wildman–Crippen MR) is 97.3 cm³/mol. The van der Waals surface area contributed by atoms with E-state index in [0.717, 1.165) is 31.6 Å². The summed E-state index contributed by atoms with van der Waals surface area (Å²) in [5, 5.41) is 4.23. The first-order valence-electron chi connectivity index (χ1n) is 8.48. The Labute approximate surface area is 141 Å². The SMILES string of the molecule is O=C(Nc1ccccc1)N1CCC(c2cc3ccccc3[nH]2)CC1. The minimum atomic E-state index is -0.00343. The first-order valence-corrected chi connectivity index (χ1v) is 8.48. The summed E-state index contributed by atoms with van der Waals surface area (Å²) in [5.74, 6) is 0.498. The number of rotatable bonds is 2. The molecule has 2 heterocycles. The fourth-order valence-electron chi connectivity index (χ4n) is 3.43. The number of nitrogens with zero attached hydrogens (tertiary/aromatic N) is 1. The van der Waals surface area contributed by atoms with Crippen LogP contribution in [0.25, 0.3) is 10.9 Å². The zero-order chi connectivity index (χ0) is 16.4. The fourth-order valence-corrected chi connectivity index (χ4v) is 3.43. The predicted octanol–water partition coefficient (Wildman–Crippen LogP) is 4.58. The Morgan fingerprint density at radius 1 is 1.00 bits per heavy atom. The highest BCUT2D eigenvalue weighted by Crippen LogP contribution is 2.30. The molecule has 24 heavy (non-hydrogen) atoms. The molecule has 2 amide bonds. The number of hydrogen-bond donors (Lipinski definition) is 2. The quantitative estimate of drug-likeness (QED) is 0.713. The van der Waals surface area contributed by atoms with Gasteiger partial charge in [-0.1, -0.05) is 36.4 Å². The Morgan fingerprint density at radius 2 is 1.71 bits per heavy atom. The van der Waals surface area contributed by atoms with Crippen molar-refractivity contribution in [2.24, 2.45) is 0 Å². The van der Waals surface area contributed by atoms with Crippen LogP contribution in [-0.4, -0.2) is 29.0 Å². The van der Waals surface area contributed by atoms with Crippen LogP contribution in [-0.2, 0) is 0 Å². The molecule has 0 aliphatic carbocycles. The molecule has 0 radical (unpaired) electrons. The van der Waals surface area contributed by atoms with Crippen LogP contribution in [0.2, 0.25) is 0 Å². The highest BCUT2D eigenvalue weighted by atomic mass is 16.2. The number of H-pyrrole nitrogens is 1. The number of urea groups is 1.